The second kappa shape index (κ2) is 8.29. The first-order valence-corrected chi connectivity index (χ1v) is 9.76. The summed E-state index contributed by atoms with van der Waals surface area (Å²) in [4.78, 5) is 30.2. The zero-order chi connectivity index (χ0) is 21.1. The van der Waals surface area contributed by atoms with E-state index in [1.165, 1.54) is 0 Å². The Hall–Kier alpha value is -3.80. The maximum absolute atomic E-state index is 13.0. The van der Waals surface area contributed by atoms with Crippen LogP contribution in [0, 0.1) is 13.8 Å². The van der Waals surface area contributed by atoms with Gasteiger partial charge in [-0.3, -0.25) is 4.79 Å². The Kier molecular flexibility index (Phi) is 5.39. The van der Waals surface area contributed by atoms with Crippen molar-refractivity contribution in [2.75, 3.05) is 5.32 Å². The van der Waals surface area contributed by atoms with Crippen LogP contribution in [0.3, 0.4) is 0 Å². The van der Waals surface area contributed by atoms with Crippen molar-refractivity contribution in [3.8, 4) is 0 Å². The lowest BCUT2D eigenvalue weighted by atomic mass is 10.0. The molecule has 0 unspecified atom stereocenters. The van der Waals surface area contributed by atoms with E-state index < -0.39 is 0 Å². The number of H-pyrrole nitrogens is 1. The van der Waals surface area contributed by atoms with Crippen molar-refractivity contribution < 1.29 is 9.21 Å². The number of fused-ring (bicyclic) bond motifs is 1. The van der Waals surface area contributed by atoms with Crippen LogP contribution < -0.4 is 10.9 Å². The summed E-state index contributed by atoms with van der Waals surface area (Å²) in [6.45, 7) is 4.45. The molecule has 2 N–H and O–H groups in total. The van der Waals surface area contributed by atoms with E-state index in [1.54, 1.807) is 23.3 Å². The van der Waals surface area contributed by atoms with Gasteiger partial charge in [0.25, 0.3) is 5.56 Å². The van der Waals surface area contributed by atoms with Crippen molar-refractivity contribution in [1.82, 2.24) is 9.88 Å². The molecule has 2 heterocycles. The van der Waals surface area contributed by atoms with Crippen molar-refractivity contribution in [1.29, 1.82) is 0 Å². The molecule has 0 fully saturated rings. The molecule has 0 bridgehead atoms. The van der Waals surface area contributed by atoms with Gasteiger partial charge >= 0.3 is 6.03 Å². The average Bonchev–Trinajstić information content (AvgIpc) is 3.23. The molecule has 4 aromatic rings. The number of nitrogens with one attached hydrogen (secondary N) is 2. The van der Waals surface area contributed by atoms with Gasteiger partial charge in [-0.25, -0.2) is 4.79 Å². The predicted octanol–water partition coefficient (Wildman–Crippen LogP) is 4.97. The number of nitrogens with zero attached hydrogens (tertiary/aromatic N) is 1. The zero-order valence-corrected chi connectivity index (χ0v) is 16.9. The molecule has 0 aliphatic carbocycles. The molecule has 0 aliphatic heterocycles. The number of furan rings is 1. The van der Waals surface area contributed by atoms with Gasteiger partial charge in [-0.1, -0.05) is 18.2 Å². The molecule has 0 atom stereocenters. The van der Waals surface area contributed by atoms with Gasteiger partial charge in [-0.05, 0) is 72.8 Å². The van der Waals surface area contributed by atoms with E-state index in [-0.39, 0.29) is 24.7 Å². The Bertz CT molecular complexity index is 1230. The monoisotopic (exact) mass is 401 g/mol. The first-order chi connectivity index (χ1) is 14.5. The zero-order valence-electron chi connectivity index (χ0n) is 16.9. The van der Waals surface area contributed by atoms with Crippen LogP contribution in [0.1, 0.15) is 22.5 Å². The van der Waals surface area contributed by atoms with Crippen LogP contribution in [0.15, 0.2) is 76.1 Å². The predicted molar refractivity (Wildman–Crippen MR) is 117 cm³/mol. The summed E-state index contributed by atoms with van der Waals surface area (Å²) in [5.41, 5.74) is 4.05. The number of urea groups is 1. The average molecular weight is 401 g/mol. The Morgan fingerprint density at radius 2 is 1.77 bits per heavy atom. The van der Waals surface area contributed by atoms with E-state index in [4.69, 9.17) is 4.42 Å². The summed E-state index contributed by atoms with van der Waals surface area (Å²) >= 11 is 0. The second-order valence-corrected chi connectivity index (χ2v) is 7.38. The summed E-state index contributed by atoms with van der Waals surface area (Å²) in [5.74, 6) is 0.641. The van der Waals surface area contributed by atoms with Crippen LogP contribution in [0.4, 0.5) is 10.5 Å². The molecule has 0 aliphatic rings. The number of hydrogen-bond donors (Lipinski definition) is 2. The highest BCUT2D eigenvalue weighted by Gasteiger charge is 2.18. The molecule has 0 radical (unpaired) electrons. The molecular formula is C24H23N3O3. The van der Waals surface area contributed by atoms with Crippen LogP contribution >= 0.6 is 0 Å². The number of carbonyl (C=O) groups excluding carboxylic acids is 1. The fourth-order valence-electron chi connectivity index (χ4n) is 3.36. The molecule has 6 heteroatoms. The van der Waals surface area contributed by atoms with Crippen molar-refractivity contribution in [2.45, 2.75) is 26.9 Å². The third-order valence-corrected chi connectivity index (χ3v) is 5.14. The normalized spacial score (nSPS) is 10.9. The molecule has 0 spiro atoms. The Balaban J connectivity index is 1.65. The minimum absolute atomic E-state index is 0.150. The Morgan fingerprint density at radius 1 is 1.00 bits per heavy atom. The van der Waals surface area contributed by atoms with E-state index in [0.29, 0.717) is 17.0 Å². The second-order valence-electron chi connectivity index (χ2n) is 7.38. The molecule has 2 amide bonds. The van der Waals surface area contributed by atoms with Crippen molar-refractivity contribution in [3.05, 3.63) is 99.7 Å². The van der Waals surface area contributed by atoms with Gasteiger partial charge in [0.2, 0.25) is 0 Å². The number of rotatable bonds is 5. The molecule has 2 aromatic heterocycles. The topological polar surface area (TPSA) is 78.3 Å². The summed E-state index contributed by atoms with van der Waals surface area (Å²) in [5, 5.41) is 3.82. The van der Waals surface area contributed by atoms with Crippen LogP contribution in [-0.2, 0) is 13.1 Å². The van der Waals surface area contributed by atoms with Gasteiger partial charge in [-0.2, -0.15) is 0 Å². The number of aromatic amines is 1. The number of pyridine rings is 1. The molecule has 6 nitrogen and oxygen atoms in total. The number of para-hydroxylation sites is 1. The highest BCUT2D eigenvalue weighted by molar-refractivity contribution is 5.89. The third-order valence-electron chi connectivity index (χ3n) is 5.14. The number of anilines is 1. The van der Waals surface area contributed by atoms with Crippen LogP contribution in [0.5, 0.6) is 0 Å². The number of hydrogen-bond acceptors (Lipinski definition) is 3. The molecule has 0 saturated carbocycles. The fraction of sp³-hybridized carbons (Fsp3) is 0.167. The van der Waals surface area contributed by atoms with E-state index >= 15 is 0 Å². The Morgan fingerprint density at radius 3 is 2.50 bits per heavy atom. The Labute approximate surface area is 174 Å². The lowest BCUT2D eigenvalue weighted by Gasteiger charge is -2.22. The van der Waals surface area contributed by atoms with Gasteiger partial charge in [0, 0.05) is 16.8 Å². The van der Waals surface area contributed by atoms with Crippen LogP contribution in [-0.4, -0.2) is 15.9 Å². The molecule has 4 rings (SSSR count). The van der Waals surface area contributed by atoms with Gasteiger partial charge in [0.1, 0.15) is 5.76 Å². The summed E-state index contributed by atoms with van der Waals surface area (Å²) in [6, 6.07) is 18.4. The van der Waals surface area contributed by atoms with Gasteiger partial charge in [0.15, 0.2) is 0 Å². The lowest BCUT2D eigenvalue weighted by Crippen LogP contribution is -2.35. The third kappa shape index (κ3) is 4.27. The van der Waals surface area contributed by atoms with E-state index in [1.807, 2.05) is 62.4 Å². The largest absolute Gasteiger partial charge is 0.467 e. The highest BCUT2D eigenvalue weighted by atomic mass is 16.3. The van der Waals surface area contributed by atoms with Crippen LogP contribution in [0.2, 0.25) is 0 Å². The first kappa shape index (κ1) is 19.5. The minimum atomic E-state index is -0.308. The molecule has 30 heavy (non-hydrogen) atoms. The number of aromatic nitrogens is 1. The summed E-state index contributed by atoms with van der Waals surface area (Å²) in [7, 11) is 0. The number of benzene rings is 2. The number of carbonyl (C=O) groups is 1. The SMILES string of the molecule is Cc1cc2cc(CN(Cc3ccco3)C(=O)Nc3ccccc3)c(=O)[nH]c2cc1C. The maximum Gasteiger partial charge on any atom is 0.322 e. The van der Waals surface area contributed by atoms with Crippen molar-refractivity contribution >= 4 is 22.6 Å². The molecular weight excluding hydrogens is 378 g/mol. The number of amides is 2. The van der Waals surface area contributed by atoms with Crippen molar-refractivity contribution in [3.63, 3.8) is 0 Å². The highest BCUT2D eigenvalue weighted by Crippen LogP contribution is 2.19. The number of aryl methyl sites for hydroxylation is 2. The molecule has 152 valence electrons. The van der Waals surface area contributed by atoms with Gasteiger partial charge in [-0.15, -0.1) is 0 Å². The van der Waals surface area contributed by atoms with Crippen LogP contribution in [0.25, 0.3) is 10.9 Å². The van der Waals surface area contributed by atoms with Crippen molar-refractivity contribution in [2.24, 2.45) is 0 Å². The fourth-order valence-corrected chi connectivity index (χ4v) is 3.36. The van der Waals surface area contributed by atoms with E-state index in [2.05, 4.69) is 10.3 Å². The quantitative estimate of drug-likeness (QED) is 0.495. The summed E-state index contributed by atoms with van der Waals surface area (Å²) < 4.78 is 5.42. The summed E-state index contributed by atoms with van der Waals surface area (Å²) in [6.07, 6.45) is 1.57. The van der Waals surface area contributed by atoms with Gasteiger partial charge < -0.3 is 19.6 Å². The first-order valence-electron chi connectivity index (χ1n) is 9.76. The smallest absolute Gasteiger partial charge is 0.322 e. The van der Waals surface area contributed by atoms with E-state index in [0.717, 1.165) is 22.0 Å². The standard InChI is InChI=1S/C24H23N3O3/c1-16-11-18-13-19(23(28)26-22(18)12-17(16)2)14-27(15-21-9-6-10-30-21)24(29)25-20-7-4-3-5-8-20/h3-13H,14-15H2,1-2H3,(H,25,29)(H,26,28). The molecule has 0 saturated heterocycles. The molecule has 2 aromatic carbocycles. The van der Waals surface area contributed by atoms with E-state index in [9.17, 15) is 9.59 Å². The lowest BCUT2D eigenvalue weighted by molar-refractivity contribution is 0.201. The van der Waals surface area contributed by atoms with Gasteiger partial charge in [0.05, 0.1) is 19.4 Å². The minimum Gasteiger partial charge on any atom is -0.467 e. The maximum atomic E-state index is 13.0.